The molecule has 1 heterocycles. The molecule has 1 saturated heterocycles. The number of aliphatic hydroxyl groups is 1. The molecule has 1 aromatic rings. The lowest BCUT2D eigenvalue weighted by molar-refractivity contribution is -0.122. The Morgan fingerprint density at radius 1 is 1.20 bits per heavy atom. The number of hydrogen-bond acceptors (Lipinski definition) is 3. The average molecular weight is 293 g/mol. The van der Waals surface area contributed by atoms with E-state index in [4.69, 9.17) is 5.11 Å². The van der Waals surface area contributed by atoms with E-state index in [1.807, 2.05) is 36.0 Å². The predicted molar refractivity (Wildman–Crippen MR) is 83.7 cm³/mol. The number of nitrogens with one attached hydrogen (secondary N) is 1. The number of carbonyl (C=O) groups excluding carboxylic acids is 1. The smallest absolute Gasteiger partial charge is 0.220 e. The van der Waals surface area contributed by atoms with Crippen molar-refractivity contribution in [3.05, 3.63) is 35.4 Å². The van der Waals surface area contributed by atoms with Crippen molar-refractivity contribution >= 4 is 17.7 Å². The Morgan fingerprint density at radius 3 is 2.50 bits per heavy atom. The van der Waals surface area contributed by atoms with Crippen LogP contribution < -0.4 is 5.32 Å². The summed E-state index contributed by atoms with van der Waals surface area (Å²) in [5.74, 6) is 3.18. The number of rotatable bonds is 6. The van der Waals surface area contributed by atoms with Crippen LogP contribution in [0.1, 0.15) is 30.4 Å². The molecule has 110 valence electrons. The van der Waals surface area contributed by atoms with E-state index in [1.54, 1.807) is 0 Å². The van der Waals surface area contributed by atoms with Gasteiger partial charge in [-0.15, -0.1) is 0 Å². The van der Waals surface area contributed by atoms with E-state index in [2.05, 4.69) is 5.32 Å². The van der Waals surface area contributed by atoms with Crippen LogP contribution >= 0.6 is 11.8 Å². The lowest BCUT2D eigenvalue weighted by Crippen LogP contribution is -2.28. The van der Waals surface area contributed by atoms with Gasteiger partial charge in [-0.2, -0.15) is 11.8 Å². The van der Waals surface area contributed by atoms with Gasteiger partial charge in [0.05, 0.1) is 6.61 Å². The fraction of sp³-hybridized carbons (Fsp3) is 0.562. The molecule has 1 amide bonds. The quantitative estimate of drug-likeness (QED) is 0.846. The maximum atomic E-state index is 11.9. The second kappa shape index (κ2) is 8.32. The molecule has 3 nitrogen and oxygen atoms in total. The van der Waals surface area contributed by atoms with Gasteiger partial charge in [-0.1, -0.05) is 24.3 Å². The van der Waals surface area contributed by atoms with Crippen LogP contribution in [-0.4, -0.2) is 29.1 Å². The highest BCUT2D eigenvalue weighted by Gasteiger charge is 2.16. The van der Waals surface area contributed by atoms with Gasteiger partial charge in [0.25, 0.3) is 0 Å². The first-order chi connectivity index (χ1) is 9.78. The van der Waals surface area contributed by atoms with Crippen molar-refractivity contribution in [3.8, 4) is 0 Å². The van der Waals surface area contributed by atoms with Crippen molar-refractivity contribution in [2.24, 2.45) is 5.92 Å². The zero-order valence-corrected chi connectivity index (χ0v) is 12.6. The summed E-state index contributed by atoms with van der Waals surface area (Å²) in [7, 11) is 0. The topological polar surface area (TPSA) is 49.3 Å². The average Bonchev–Trinajstić information content (AvgIpc) is 2.49. The van der Waals surface area contributed by atoms with Gasteiger partial charge in [0, 0.05) is 13.0 Å². The number of carbonyl (C=O) groups is 1. The minimum atomic E-state index is 0.0800. The molecule has 0 radical (unpaired) electrons. The Hall–Kier alpha value is -1.00. The molecule has 0 aromatic heterocycles. The summed E-state index contributed by atoms with van der Waals surface area (Å²) >= 11 is 1.99. The van der Waals surface area contributed by atoms with E-state index in [9.17, 15) is 4.79 Å². The summed E-state index contributed by atoms with van der Waals surface area (Å²) in [6.07, 6.45) is 3.89. The van der Waals surface area contributed by atoms with Crippen LogP contribution in [0, 0.1) is 5.92 Å². The molecular formula is C16H23NO2S. The molecule has 1 aromatic carbocycles. The minimum Gasteiger partial charge on any atom is -0.392 e. The first kappa shape index (κ1) is 15.4. The van der Waals surface area contributed by atoms with Crippen LogP contribution in [-0.2, 0) is 17.8 Å². The molecular weight excluding hydrogens is 270 g/mol. The van der Waals surface area contributed by atoms with Crippen LogP contribution in [0.2, 0.25) is 0 Å². The standard InChI is InChI=1S/C16H23NO2S/c18-12-15-3-1-13(2-4-15)5-8-17-16(19)11-14-6-9-20-10-7-14/h1-4,14,18H,5-12H2,(H,17,19). The molecule has 0 saturated carbocycles. The zero-order chi connectivity index (χ0) is 14.2. The molecule has 1 fully saturated rings. The molecule has 0 bridgehead atoms. The van der Waals surface area contributed by atoms with E-state index in [0.29, 0.717) is 18.9 Å². The van der Waals surface area contributed by atoms with E-state index in [1.165, 1.54) is 29.9 Å². The van der Waals surface area contributed by atoms with Gasteiger partial charge in [0.15, 0.2) is 0 Å². The Balaban J connectivity index is 1.65. The fourth-order valence-electron chi connectivity index (χ4n) is 2.44. The first-order valence-corrected chi connectivity index (χ1v) is 8.46. The molecule has 0 spiro atoms. The summed E-state index contributed by atoms with van der Waals surface area (Å²) in [4.78, 5) is 11.9. The number of thioether (sulfide) groups is 1. The lowest BCUT2D eigenvalue weighted by atomic mass is 9.98. The van der Waals surface area contributed by atoms with Crippen LogP contribution in [0.25, 0.3) is 0 Å². The van der Waals surface area contributed by atoms with Gasteiger partial charge in [-0.05, 0) is 47.8 Å². The van der Waals surface area contributed by atoms with Crippen molar-refractivity contribution in [1.82, 2.24) is 5.32 Å². The SMILES string of the molecule is O=C(CC1CCSCC1)NCCc1ccc(CO)cc1. The van der Waals surface area contributed by atoms with Gasteiger partial charge < -0.3 is 10.4 Å². The van der Waals surface area contributed by atoms with Gasteiger partial charge in [-0.25, -0.2) is 0 Å². The molecule has 1 aliphatic heterocycles. The number of hydrogen-bond donors (Lipinski definition) is 2. The van der Waals surface area contributed by atoms with Crippen molar-refractivity contribution in [1.29, 1.82) is 0 Å². The van der Waals surface area contributed by atoms with E-state index >= 15 is 0 Å². The van der Waals surface area contributed by atoms with Gasteiger partial charge >= 0.3 is 0 Å². The second-order valence-electron chi connectivity index (χ2n) is 5.33. The third-order valence-corrected chi connectivity index (χ3v) is 4.81. The highest BCUT2D eigenvalue weighted by atomic mass is 32.2. The van der Waals surface area contributed by atoms with Crippen LogP contribution in [0.3, 0.4) is 0 Å². The Kier molecular flexibility index (Phi) is 6.40. The zero-order valence-electron chi connectivity index (χ0n) is 11.8. The molecule has 4 heteroatoms. The Bertz CT molecular complexity index is 413. The lowest BCUT2D eigenvalue weighted by Gasteiger charge is -2.20. The molecule has 0 aliphatic carbocycles. The third kappa shape index (κ3) is 5.17. The summed E-state index contributed by atoms with van der Waals surface area (Å²) in [5, 5.41) is 12.0. The number of amides is 1. The summed E-state index contributed by atoms with van der Waals surface area (Å²) in [6, 6.07) is 7.87. The van der Waals surface area contributed by atoms with Crippen molar-refractivity contribution in [2.45, 2.75) is 32.3 Å². The fourth-order valence-corrected chi connectivity index (χ4v) is 3.65. The molecule has 2 rings (SSSR count). The van der Waals surface area contributed by atoms with Crippen LogP contribution in [0.15, 0.2) is 24.3 Å². The van der Waals surface area contributed by atoms with Gasteiger partial charge in [0.1, 0.15) is 0 Å². The van der Waals surface area contributed by atoms with Crippen molar-refractivity contribution in [2.75, 3.05) is 18.1 Å². The molecule has 20 heavy (non-hydrogen) atoms. The van der Waals surface area contributed by atoms with E-state index < -0.39 is 0 Å². The summed E-state index contributed by atoms with van der Waals surface area (Å²) < 4.78 is 0. The molecule has 0 unspecified atom stereocenters. The summed E-state index contributed by atoms with van der Waals surface area (Å²) in [5.41, 5.74) is 2.12. The molecule has 0 atom stereocenters. The monoisotopic (exact) mass is 293 g/mol. The molecule has 2 N–H and O–H groups in total. The minimum absolute atomic E-state index is 0.0800. The van der Waals surface area contributed by atoms with Gasteiger partial charge in [0.2, 0.25) is 5.91 Å². The first-order valence-electron chi connectivity index (χ1n) is 7.31. The largest absolute Gasteiger partial charge is 0.392 e. The normalized spacial score (nSPS) is 16.1. The Labute approximate surface area is 125 Å². The van der Waals surface area contributed by atoms with Crippen molar-refractivity contribution < 1.29 is 9.90 Å². The number of aliphatic hydroxyl groups excluding tert-OH is 1. The maximum Gasteiger partial charge on any atom is 0.220 e. The van der Waals surface area contributed by atoms with Crippen molar-refractivity contribution in [3.63, 3.8) is 0 Å². The predicted octanol–water partition coefficient (Wildman–Crippen LogP) is 2.37. The van der Waals surface area contributed by atoms with Gasteiger partial charge in [-0.3, -0.25) is 4.79 Å². The van der Waals surface area contributed by atoms with E-state index in [-0.39, 0.29) is 12.5 Å². The summed E-state index contributed by atoms with van der Waals surface area (Å²) in [6.45, 7) is 0.773. The molecule has 1 aliphatic rings. The second-order valence-corrected chi connectivity index (χ2v) is 6.56. The Morgan fingerprint density at radius 2 is 1.85 bits per heavy atom. The highest BCUT2D eigenvalue weighted by Crippen LogP contribution is 2.24. The highest BCUT2D eigenvalue weighted by molar-refractivity contribution is 7.99. The number of benzene rings is 1. The van der Waals surface area contributed by atoms with Crippen LogP contribution in [0.5, 0.6) is 0 Å². The maximum absolute atomic E-state index is 11.9. The van der Waals surface area contributed by atoms with Crippen LogP contribution in [0.4, 0.5) is 0 Å². The van der Waals surface area contributed by atoms with E-state index in [0.717, 1.165) is 12.0 Å². The third-order valence-electron chi connectivity index (χ3n) is 3.76.